The molecule has 4 aromatic rings. The number of likely N-dealkylation sites (tertiary alicyclic amines) is 1. The lowest BCUT2D eigenvalue weighted by Gasteiger charge is -2.32. The Hall–Kier alpha value is -4.59. The van der Waals surface area contributed by atoms with E-state index in [9.17, 15) is 9.59 Å². The number of amides is 3. The second-order valence-corrected chi connectivity index (χ2v) is 13.2. The zero-order valence-electron chi connectivity index (χ0n) is 27.3. The van der Waals surface area contributed by atoms with E-state index >= 15 is 0 Å². The lowest BCUT2D eigenvalue weighted by Crippen LogP contribution is -2.41. The summed E-state index contributed by atoms with van der Waals surface area (Å²) in [6.45, 7) is 13.9. The van der Waals surface area contributed by atoms with Crippen molar-refractivity contribution in [1.82, 2.24) is 14.7 Å². The Morgan fingerprint density at radius 2 is 1.62 bits per heavy atom. The van der Waals surface area contributed by atoms with Crippen LogP contribution in [0.3, 0.4) is 0 Å². The highest BCUT2D eigenvalue weighted by Crippen LogP contribution is 2.28. The molecular weight excluding hydrogens is 562 g/mol. The first-order chi connectivity index (χ1) is 21.5. The van der Waals surface area contributed by atoms with E-state index in [2.05, 4.69) is 37.5 Å². The van der Waals surface area contributed by atoms with Crippen molar-refractivity contribution < 1.29 is 14.3 Å². The Morgan fingerprint density at radius 3 is 2.33 bits per heavy atom. The summed E-state index contributed by atoms with van der Waals surface area (Å²) in [6, 6.07) is 23.6. The number of carbonyl (C=O) groups is 2. The monoisotopic (exact) mass is 607 g/mol. The third kappa shape index (κ3) is 8.12. The molecule has 45 heavy (non-hydrogen) atoms. The molecule has 2 N–H and O–H groups in total. The van der Waals surface area contributed by atoms with Crippen LogP contribution in [0, 0.1) is 26.7 Å². The molecule has 0 unspecified atom stereocenters. The summed E-state index contributed by atoms with van der Waals surface area (Å²) in [5, 5.41) is 10.8. The smallest absolute Gasteiger partial charge is 0.324 e. The lowest BCUT2D eigenvalue weighted by molar-refractivity contribution is -0.134. The Bertz CT molecular complexity index is 1640. The molecule has 1 aliphatic heterocycles. The van der Waals surface area contributed by atoms with Crippen molar-refractivity contribution in [1.29, 1.82) is 0 Å². The predicted octanol–water partition coefficient (Wildman–Crippen LogP) is 7.60. The number of benzene rings is 3. The molecule has 0 spiro atoms. The molecule has 5 rings (SSSR count). The zero-order valence-corrected chi connectivity index (χ0v) is 27.3. The Balaban J connectivity index is 1.15. The Kier molecular flexibility index (Phi) is 9.61. The SMILES string of the molecule is Cc1ccc(-n2nc(C(C)(C)C)cc2NC(=O)Nc2cccc(CC3CCN(C(=O)COc4cccc(C)c4C)CC3)c2)cc1. The maximum Gasteiger partial charge on any atom is 0.324 e. The van der Waals surface area contributed by atoms with Crippen molar-refractivity contribution in [2.75, 3.05) is 30.3 Å². The highest BCUT2D eigenvalue weighted by molar-refractivity contribution is 5.99. The van der Waals surface area contributed by atoms with Gasteiger partial charge in [-0.15, -0.1) is 0 Å². The second kappa shape index (κ2) is 13.6. The number of rotatable bonds is 8. The fourth-order valence-electron chi connectivity index (χ4n) is 5.61. The van der Waals surface area contributed by atoms with Gasteiger partial charge in [-0.05, 0) is 93.0 Å². The molecule has 236 valence electrons. The highest BCUT2D eigenvalue weighted by Gasteiger charge is 2.24. The van der Waals surface area contributed by atoms with Crippen LogP contribution >= 0.6 is 0 Å². The molecule has 3 amide bonds. The summed E-state index contributed by atoms with van der Waals surface area (Å²) >= 11 is 0. The van der Waals surface area contributed by atoms with Crippen LogP contribution in [0.25, 0.3) is 5.69 Å². The van der Waals surface area contributed by atoms with E-state index < -0.39 is 0 Å². The van der Waals surface area contributed by atoms with Crippen LogP contribution in [0.2, 0.25) is 0 Å². The van der Waals surface area contributed by atoms with Gasteiger partial charge in [0.15, 0.2) is 6.61 Å². The fraction of sp³-hybridized carbons (Fsp3) is 0.378. The van der Waals surface area contributed by atoms with Crippen LogP contribution in [0.4, 0.5) is 16.3 Å². The molecule has 0 radical (unpaired) electrons. The molecule has 8 nitrogen and oxygen atoms in total. The van der Waals surface area contributed by atoms with Crippen molar-refractivity contribution in [3.63, 3.8) is 0 Å². The number of urea groups is 1. The average Bonchev–Trinajstić information content (AvgIpc) is 3.43. The molecule has 8 heteroatoms. The van der Waals surface area contributed by atoms with Crippen LogP contribution in [-0.2, 0) is 16.6 Å². The van der Waals surface area contributed by atoms with E-state index in [-0.39, 0.29) is 24.0 Å². The second-order valence-electron chi connectivity index (χ2n) is 13.2. The topological polar surface area (TPSA) is 88.5 Å². The van der Waals surface area contributed by atoms with Crippen molar-refractivity contribution in [3.05, 3.63) is 101 Å². The number of nitrogens with one attached hydrogen (secondary N) is 2. The normalized spacial score (nSPS) is 13.9. The number of nitrogens with zero attached hydrogens (tertiary/aromatic N) is 3. The summed E-state index contributed by atoms with van der Waals surface area (Å²) in [5.74, 6) is 1.88. The van der Waals surface area contributed by atoms with Crippen molar-refractivity contribution >= 4 is 23.4 Å². The van der Waals surface area contributed by atoms with Gasteiger partial charge >= 0.3 is 6.03 Å². The Morgan fingerprint density at radius 1 is 0.911 bits per heavy atom. The van der Waals surface area contributed by atoms with Gasteiger partial charge in [-0.1, -0.05) is 62.7 Å². The minimum Gasteiger partial charge on any atom is -0.483 e. The van der Waals surface area contributed by atoms with Gasteiger partial charge in [-0.2, -0.15) is 5.10 Å². The number of aromatic nitrogens is 2. The van der Waals surface area contributed by atoms with Crippen LogP contribution in [0.5, 0.6) is 5.75 Å². The van der Waals surface area contributed by atoms with Gasteiger partial charge in [-0.3, -0.25) is 10.1 Å². The first-order valence-corrected chi connectivity index (χ1v) is 15.8. The van der Waals surface area contributed by atoms with Crippen LogP contribution < -0.4 is 15.4 Å². The number of carbonyl (C=O) groups excluding carboxylic acids is 2. The van der Waals surface area contributed by atoms with Gasteiger partial charge in [0.05, 0.1) is 11.4 Å². The van der Waals surface area contributed by atoms with Crippen molar-refractivity contribution in [2.45, 2.75) is 66.2 Å². The number of ether oxygens (including phenoxy) is 1. The molecular formula is C37H45N5O3. The highest BCUT2D eigenvalue weighted by atomic mass is 16.5. The average molecular weight is 608 g/mol. The summed E-state index contributed by atoms with van der Waals surface area (Å²) in [6.07, 6.45) is 2.77. The third-order valence-corrected chi connectivity index (χ3v) is 8.58. The third-order valence-electron chi connectivity index (χ3n) is 8.58. The van der Waals surface area contributed by atoms with Crippen LogP contribution in [0.1, 0.15) is 61.6 Å². The molecule has 1 fully saturated rings. The van der Waals surface area contributed by atoms with Gasteiger partial charge in [0.2, 0.25) is 0 Å². The number of aryl methyl sites for hydroxylation is 2. The molecule has 0 saturated carbocycles. The van der Waals surface area contributed by atoms with Gasteiger partial charge in [0, 0.05) is 30.3 Å². The maximum atomic E-state index is 13.1. The maximum absolute atomic E-state index is 13.1. The first kappa shape index (κ1) is 31.8. The molecule has 0 aliphatic carbocycles. The van der Waals surface area contributed by atoms with E-state index in [1.54, 1.807) is 4.68 Å². The van der Waals surface area contributed by atoms with Crippen molar-refractivity contribution in [2.24, 2.45) is 5.92 Å². The Labute approximate surface area is 266 Å². The summed E-state index contributed by atoms with van der Waals surface area (Å²) in [5.41, 5.74) is 6.88. The fourth-order valence-corrected chi connectivity index (χ4v) is 5.61. The molecule has 3 aromatic carbocycles. The number of anilines is 2. The molecule has 2 heterocycles. The van der Waals surface area contributed by atoms with Gasteiger partial charge < -0.3 is 15.0 Å². The molecule has 1 saturated heterocycles. The van der Waals surface area contributed by atoms with Crippen LogP contribution in [-0.4, -0.2) is 46.3 Å². The quantitative estimate of drug-likeness (QED) is 0.216. The van der Waals surface area contributed by atoms with E-state index in [0.717, 1.165) is 77.4 Å². The number of hydrogen-bond acceptors (Lipinski definition) is 4. The zero-order chi connectivity index (χ0) is 32.1. The van der Waals surface area contributed by atoms with Gasteiger partial charge in [-0.25, -0.2) is 9.48 Å². The largest absolute Gasteiger partial charge is 0.483 e. The first-order valence-electron chi connectivity index (χ1n) is 15.8. The summed E-state index contributed by atoms with van der Waals surface area (Å²) in [4.78, 5) is 27.9. The standard InChI is InChI=1S/C37H45N5O3/c1-25-13-15-31(16-14-25)42-34(23-33(40-42)37(4,5)6)39-36(44)38-30-11-8-10-29(22-30)21-28-17-19-41(20-18-28)35(43)24-45-32-12-7-9-26(2)27(32)3/h7-16,22-23,28H,17-21,24H2,1-6H3,(H2,38,39,44). The van der Waals surface area contributed by atoms with Gasteiger partial charge in [0.25, 0.3) is 5.91 Å². The van der Waals surface area contributed by atoms with Crippen molar-refractivity contribution in [3.8, 4) is 11.4 Å². The summed E-state index contributed by atoms with van der Waals surface area (Å²) in [7, 11) is 0. The minimum atomic E-state index is -0.323. The van der Waals surface area contributed by atoms with E-state index in [1.165, 1.54) is 0 Å². The van der Waals surface area contributed by atoms with Gasteiger partial charge in [0.1, 0.15) is 11.6 Å². The minimum absolute atomic E-state index is 0.0323. The van der Waals surface area contributed by atoms with Crippen LogP contribution in [0.15, 0.2) is 72.8 Å². The van der Waals surface area contributed by atoms with E-state index in [4.69, 9.17) is 9.84 Å². The number of piperidine rings is 1. The summed E-state index contributed by atoms with van der Waals surface area (Å²) < 4.78 is 7.63. The number of hydrogen-bond donors (Lipinski definition) is 2. The molecule has 1 aromatic heterocycles. The molecule has 1 aliphatic rings. The van der Waals surface area contributed by atoms with E-state index in [1.807, 2.05) is 92.4 Å². The predicted molar refractivity (Wildman–Crippen MR) is 181 cm³/mol. The lowest BCUT2D eigenvalue weighted by atomic mass is 9.90. The molecule has 0 atom stereocenters. The van der Waals surface area contributed by atoms with E-state index in [0.29, 0.717) is 11.7 Å². The molecule has 0 bridgehead atoms.